The number of hydrogen-bond donors (Lipinski definition) is 0. The molecule has 162 valence electrons. The Hall–Kier alpha value is -1.42. The molecule has 1 unspecified atom stereocenters. The Morgan fingerprint density at radius 1 is 0.931 bits per heavy atom. The van der Waals surface area contributed by atoms with Gasteiger partial charge in [0.1, 0.15) is 0 Å². The summed E-state index contributed by atoms with van der Waals surface area (Å²) in [6, 6.07) is 10.7. The molecule has 0 aromatic heterocycles. The summed E-state index contributed by atoms with van der Waals surface area (Å²) in [6.45, 7) is 17.0. The SMILES string of the molecule is C=CCCCC(Cc1ccccc1)O[Si](OC(/C=C/C)/C=C/C)(C(C)C)C(C)C. The third kappa shape index (κ3) is 8.45. The first kappa shape index (κ1) is 25.6. The van der Waals surface area contributed by atoms with Gasteiger partial charge in [0.25, 0.3) is 0 Å². The van der Waals surface area contributed by atoms with Crippen LogP contribution >= 0.6 is 0 Å². The fraction of sp³-hybridized carbons (Fsp3) is 0.538. The van der Waals surface area contributed by atoms with E-state index in [4.69, 9.17) is 8.85 Å². The molecular formula is C26H42O2Si. The molecule has 0 N–H and O–H groups in total. The van der Waals surface area contributed by atoms with Crippen LogP contribution in [-0.4, -0.2) is 20.8 Å². The van der Waals surface area contributed by atoms with E-state index in [1.54, 1.807) is 0 Å². The molecule has 0 amide bonds. The quantitative estimate of drug-likeness (QED) is 0.176. The van der Waals surface area contributed by atoms with Gasteiger partial charge in [-0.25, -0.2) is 0 Å². The molecule has 0 saturated carbocycles. The standard InChI is InChI=1S/C26H42O2Si/c1-8-11-13-20-26(21-24-18-14-12-15-19-24)28-29(22(4)5,23(6)7)27-25(16-9-2)17-10-3/h8-10,12,14-19,22-23,25-26H,1,11,13,20-21H2,2-7H3/b16-9+,17-10+. The van der Waals surface area contributed by atoms with E-state index >= 15 is 0 Å². The zero-order chi connectivity index (χ0) is 21.7. The molecule has 0 heterocycles. The summed E-state index contributed by atoms with van der Waals surface area (Å²) in [5.74, 6) is 0. The zero-order valence-corrected chi connectivity index (χ0v) is 20.4. The third-order valence-corrected chi connectivity index (χ3v) is 9.85. The Labute approximate surface area is 181 Å². The highest BCUT2D eigenvalue weighted by molar-refractivity contribution is 6.70. The smallest absolute Gasteiger partial charge is 0.344 e. The predicted molar refractivity (Wildman–Crippen MR) is 130 cm³/mol. The number of allylic oxidation sites excluding steroid dienone is 3. The first-order valence-corrected chi connectivity index (χ1v) is 13.1. The van der Waals surface area contributed by atoms with Gasteiger partial charge in [-0.2, -0.15) is 0 Å². The molecule has 0 radical (unpaired) electrons. The fourth-order valence-electron chi connectivity index (χ4n) is 3.80. The van der Waals surface area contributed by atoms with Crippen molar-refractivity contribution in [2.24, 2.45) is 0 Å². The van der Waals surface area contributed by atoms with Gasteiger partial charge in [-0.15, -0.1) is 6.58 Å². The highest BCUT2D eigenvalue weighted by Crippen LogP contribution is 2.38. The van der Waals surface area contributed by atoms with Gasteiger partial charge in [0, 0.05) is 0 Å². The molecule has 0 fully saturated rings. The molecule has 1 rings (SSSR count). The van der Waals surface area contributed by atoms with Crippen LogP contribution in [0.2, 0.25) is 11.1 Å². The molecule has 1 aromatic carbocycles. The molecule has 0 spiro atoms. The summed E-state index contributed by atoms with van der Waals surface area (Å²) >= 11 is 0. The van der Waals surface area contributed by atoms with Crippen LogP contribution < -0.4 is 0 Å². The van der Waals surface area contributed by atoms with Crippen LogP contribution in [0.3, 0.4) is 0 Å². The minimum atomic E-state index is -2.49. The van der Waals surface area contributed by atoms with Crippen molar-refractivity contribution >= 4 is 8.56 Å². The molecule has 0 aliphatic heterocycles. The fourth-order valence-corrected chi connectivity index (χ4v) is 7.59. The van der Waals surface area contributed by atoms with Gasteiger partial charge in [-0.05, 0) is 56.2 Å². The Bertz CT molecular complexity index is 599. The Balaban J connectivity index is 3.18. The van der Waals surface area contributed by atoms with Crippen molar-refractivity contribution in [3.63, 3.8) is 0 Å². The summed E-state index contributed by atoms with van der Waals surface area (Å²) in [5, 5.41) is 0. The van der Waals surface area contributed by atoms with Crippen molar-refractivity contribution < 1.29 is 8.85 Å². The van der Waals surface area contributed by atoms with Gasteiger partial charge in [-0.3, -0.25) is 0 Å². The van der Waals surface area contributed by atoms with E-state index < -0.39 is 8.56 Å². The molecule has 0 aliphatic rings. The van der Waals surface area contributed by atoms with E-state index in [1.165, 1.54) is 5.56 Å². The third-order valence-electron chi connectivity index (χ3n) is 5.29. The molecule has 1 atom stereocenters. The second kappa shape index (κ2) is 13.7. The number of unbranched alkanes of at least 4 members (excludes halogenated alkanes) is 1. The van der Waals surface area contributed by atoms with Gasteiger partial charge in [0.15, 0.2) is 0 Å². The lowest BCUT2D eigenvalue weighted by Crippen LogP contribution is -2.52. The van der Waals surface area contributed by atoms with Gasteiger partial charge >= 0.3 is 8.56 Å². The topological polar surface area (TPSA) is 18.5 Å². The maximum absolute atomic E-state index is 7.05. The van der Waals surface area contributed by atoms with Crippen molar-refractivity contribution in [3.05, 3.63) is 72.9 Å². The molecular weight excluding hydrogens is 372 g/mol. The van der Waals surface area contributed by atoms with Gasteiger partial charge in [0.2, 0.25) is 0 Å². The molecule has 0 bridgehead atoms. The van der Waals surface area contributed by atoms with Crippen molar-refractivity contribution in [3.8, 4) is 0 Å². The van der Waals surface area contributed by atoms with Crippen LogP contribution in [0.15, 0.2) is 67.3 Å². The summed E-state index contributed by atoms with van der Waals surface area (Å²) in [7, 11) is -2.49. The number of hydrogen-bond acceptors (Lipinski definition) is 2. The average molecular weight is 415 g/mol. The zero-order valence-electron chi connectivity index (χ0n) is 19.4. The Morgan fingerprint density at radius 3 is 2.00 bits per heavy atom. The monoisotopic (exact) mass is 414 g/mol. The second-order valence-corrected chi connectivity index (χ2v) is 12.5. The van der Waals surface area contributed by atoms with E-state index in [0.717, 1.165) is 25.7 Å². The molecule has 2 nitrogen and oxygen atoms in total. The number of rotatable bonds is 14. The van der Waals surface area contributed by atoms with Gasteiger partial charge < -0.3 is 8.85 Å². The van der Waals surface area contributed by atoms with Crippen molar-refractivity contribution in [2.75, 3.05) is 0 Å². The first-order valence-electron chi connectivity index (χ1n) is 11.2. The van der Waals surface area contributed by atoms with Crippen LogP contribution in [0.25, 0.3) is 0 Å². The highest BCUT2D eigenvalue weighted by atomic mass is 28.4. The van der Waals surface area contributed by atoms with E-state index in [9.17, 15) is 0 Å². The van der Waals surface area contributed by atoms with Crippen molar-refractivity contribution in [1.29, 1.82) is 0 Å². The maximum atomic E-state index is 7.05. The maximum Gasteiger partial charge on any atom is 0.344 e. The van der Waals surface area contributed by atoms with E-state index in [2.05, 4.69) is 88.9 Å². The first-order chi connectivity index (χ1) is 13.9. The lowest BCUT2D eigenvalue weighted by atomic mass is 10.0. The highest BCUT2D eigenvalue weighted by Gasteiger charge is 2.47. The van der Waals surface area contributed by atoms with Crippen molar-refractivity contribution in [2.45, 2.75) is 90.5 Å². The molecule has 0 aliphatic carbocycles. The lowest BCUT2D eigenvalue weighted by molar-refractivity contribution is 0.0868. The summed E-state index contributed by atoms with van der Waals surface area (Å²) in [5.41, 5.74) is 2.04. The van der Waals surface area contributed by atoms with E-state index in [1.807, 2.05) is 19.9 Å². The summed E-state index contributed by atoms with van der Waals surface area (Å²) in [6.07, 6.45) is 14.6. The molecule has 0 saturated heterocycles. The van der Waals surface area contributed by atoms with E-state index in [0.29, 0.717) is 11.1 Å². The van der Waals surface area contributed by atoms with Gasteiger partial charge in [0.05, 0.1) is 12.2 Å². The van der Waals surface area contributed by atoms with Crippen LogP contribution in [0.4, 0.5) is 0 Å². The molecule has 1 aromatic rings. The number of benzene rings is 1. The molecule has 3 heteroatoms. The predicted octanol–water partition coefficient (Wildman–Crippen LogP) is 7.77. The normalized spacial score (nSPS) is 14.0. The van der Waals surface area contributed by atoms with Crippen LogP contribution in [0, 0.1) is 0 Å². The second-order valence-electron chi connectivity index (χ2n) is 8.31. The largest absolute Gasteiger partial charge is 0.390 e. The molecule has 29 heavy (non-hydrogen) atoms. The van der Waals surface area contributed by atoms with E-state index in [-0.39, 0.29) is 12.2 Å². The minimum absolute atomic E-state index is 0.0352. The van der Waals surface area contributed by atoms with Crippen LogP contribution in [-0.2, 0) is 15.3 Å². The Kier molecular flexibility index (Phi) is 12.1. The Morgan fingerprint density at radius 2 is 1.52 bits per heavy atom. The average Bonchev–Trinajstić information content (AvgIpc) is 2.68. The van der Waals surface area contributed by atoms with Gasteiger partial charge in [-0.1, -0.05) is 88.4 Å². The summed E-state index contributed by atoms with van der Waals surface area (Å²) in [4.78, 5) is 0. The minimum Gasteiger partial charge on any atom is -0.390 e. The van der Waals surface area contributed by atoms with Crippen LogP contribution in [0.1, 0.15) is 66.4 Å². The lowest BCUT2D eigenvalue weighted by Gasteiger charge is -2.42. The summed E-state index contributed by atoms with van der Waals surface area (Å²) < 4.78 is 13.9. The van der Waals surface area contributed by atoms with Crippen LogP contribution in [0.5, 0.6) is 0 Å². The van der Waals surface area contributed by atoms with Crippen molar-refractivity contribution in [1.82, 2.24) is 0 Å².